The standard InChI is InChI=1S/C27H24N3/c1-30(2,3)24-14-12-20(13-15-24)22-10-7-11-23-17-25(21-8-5-4-6-9-21)27(18-28,19-29)26(23)16-22/h4-17,26H,1-3H3/q+1. The van der Waals surface area contributed by atoms with E-state index in [1.165, 1.54) is 5.69 Å². The van der Waals surface area contributed by atoms with Crippen molar-refractivity contribution in [3.8, 4) is 12.1 Å². The highest BCUT2D eigenvalue weighted by Crippen LogP contribution is 2.52. The van der Waals surface area contributed by atoms with E-state index < -0.39 is 5.41 Å². The molecule has 2 aliphatic carbocycles. The minimum Gasteiger partial charge on any atom is -0.298 e. The fourth-order valence-electron chi connectivity index (χ4n) is 4.17. The van der Waals surface area contributed by atoms with E-state index in [1.807, 2.05) is 48.6 Å². The number of benzene rings is 2. The molecule has 0 radical (unpaired) electrons. The molecule has 4 rings (SSSR count). The van der Waals surface area contributed by atoms with Crippen molar-refractivity contribution in [1.82, 2.24) is 4.48 Å². The molecule has 3 heteroatoms. The number of rotatable bonds is 3. The van der Waals surface area contributed by atoms with Gasteiger partial charge in [0.25, 0.3) is 0 Å². The Hall–Kier alpha value is -3.66. The number of nitrogens with zero attached hydrogens (tertiary/aromatic N) is 3. The Balaban J connectivity index is 1.80. The molecule has 0 fully saturated rings. The van der Waals surface area contributed by atoms with Crippen molar-refractivity contribution in [3.63, 3.8) is 0 Å². The van der Waals surface area contributed by atoms with Gasteiger partial charge in [0.1, 0.15) is 5.69 Å². The SMILES string of the molecule is C[N+](C)(C)c1ccc(C2=CC3C(=CC=C2)C=C(c2ccccc2)C3(C#N)C#N)cc1. The summed E-state index contributed by atoms with van der Waals surface area (Å²) < 4.78 is 0.750. The first-order valence-electron chi connectivity index (χ1n) is 10.0. The summed E-state index contributed by atoms with van der Waals surface area (Å²) in [6, 6.07) is 23.0. The van der Waals surface area contributed by atoms with Gasteiger partial charge in [-0.1, -0.05) is 60.7 Å². The second kappa shape index (κ2) is 7.30. The molecule has 1 atom stereocenters. The Morgan fingerprint density at radius 1 is 0.867 bits per heavy atom. The second-order valence-corrected chi connectivity index (χ2v) is 8.64. The van der Waals surface area contributed by atoms with Gasteiger partial charge in [0.05, 0.1) is 33.3 Å². The third-order valence-corrected chi connectivity index (χ3v) is 5.88. The number of hydrogen-bond donors (Lipinski definition) is 0. The lowest BCUT2D eigenvalue weighted by Gasteiger charge is -2.24. The van der Waals surface area contributed by atoms with Crippen LogP contribution in [0.3, 0.4) is 0 Å². The molecule has 0 N–H and O–H groups in total. The van der Waals surface area contributed by atoms with Crippen LogP contribution in [0, 0.1) is 34.0 Å². The highest BCUT2D eigenvalue weighted by atomic mass is 15.3. The molecule has 2 aromatic rings. The topological polar surface area (TPSA) is 47.6 Å². The Morgan fingerprint density at radius 2 is 1.53 bits per heavy atom. The molecule has 0 amide bonds. The minimum atomic E-state index is -1.24. The van der Waals surface area contributed by atoms with Crippen LogP contribution in [0.5, 0.6) is 0 Å². The molecule has 2 aromatic carbocycles. The lowest BCUT2D eigenvalue weighted by molar-refractivity contribution is 0.486. The summed E-state index contributed by atoms with van der Waals surface area (Å²) in [4.78, 5) is 0. The summed E-state index contributed by atoms with van der Waals surface area (Å²) in [5.41, 5.74) is 4.76. The normalized spacial score (nSPS) is 19.5. The third kappa shape index (κ3) is 3.20. The fraction of sp³-hybridized carbons (Fsp3) is 0.185. The largest absolute Gasteiger partial charge is 0.298 e. The summed E-state index contributed by atoms with van der Waals surface area (Å²) >= 11 is 0. The monoisotopic (exact) mass is 390 g/mol. The van der Waals surface area contributed by atoms with Crippen molar-refractivity contribution in [1.29, 1.82) is 10.5 Å². The lowest BCUT2D eigenvalue weighted by Crippen LogP contribution is -2.34. The Labute approximate surface area is 178 Å². The number of hydrogen-bond acceptors (Lipinski definition) is 2. The molecule has 0 spiro atoms. The van der Waals surface area contributed by atoms with Crippen LogP contribution in [0.25, 0.3) is 11.1 Å². The number of fused-ring (bicyclic) bond motifs is 1. The first-order valence-corrected chi connectivity index (χ1v) is 10.0. The van der Waals surface area contributed by atoms with Gasteiger partial charge in [-0.3, -0.25) is 4.48 Å². The van der Waals surface area contributed by atoms with E-state index in [0.717, 1.165) is 32.3 Å². The van der Waals surface area contributed by atoms with Gasteiger partial charge >= 0.3 is 0 Å². The van der Waals surface area contributed by atoms with E-state index in [9.17, 15) is 10.5 Å². The summed E-state index contributed by atoms with van der Waals surface area (Å²) in [5.74, 6) is -0.314. The van der Waals surface area contributed by atoms with Crippen LogP contribution in [0.4, 0.5) is 5.69 Å². The molecular formula is C27H24N3+. The minimum absolute atomic E-state index is 0.314. The van der Waals surface area contributed by atoms with Gasteiger partial charge in [-0.05, 0) is 52.1 Å². The highest BCUT2D eigenvalue weighted by Gasteiger charge is 2.48. The molecule has 146 valence electrons. The summed E-state index contributed by atoms with van der Waals surface area (Å²) in [6.07, 6.45) is 10.2. The maximum Gasteiger partial charge on any atom is 0.179 e. The van der Waals surface area contributed by atoms with Crippen molar-refractivity contribution < 1.29 is 0 Å². The van der Waals surface area contributed by atoms with Crippen molar-refractivity contribution in [2.45, 2.75) is 0 Å². The summed E-state index contributed by atoms with van der Waals surface area (Å²) in [6.45, 7) is 0. The first-order chi connectivity index (χ1) is 14.4. The van der Waals surface area contributed by atoms with E-state index in [1.54, 1.807) is 0 Å². The zero-order valence-corrected chi connectivity index (χ0v) is 17.5. The van der Waals surface area contributed by atoms with Crippen molar-refractivity contribution in [3.05, 3.63) is 102 Å². The average Bonchev–Trinajstić information content (AvgIpc) is 2.90. The maximum atomic E-state index is 10.2. The van der Waals surface area contributed by atoms with Gasteiger partial charge in [0, 0.05) is 5.92 Å². The van der Waals surface area contributed by atoms with Crippen LogP contribution in [0.2, 0.25) is 0 Å². The summed E-state index contributed by atoms with van der Waals surface area (Å²) in [5, 5.41) is 20.3. The van der Waals surface area contributed by atoms with Crippen LogP contribution < -0.4 is 4.48 Å². The molecular weight excluding hydrogens is 366 g/mol. The zero-order chi connectivity index (χ0) is 21.4. The van der Waals surface area contributed by atoms with Gasteiger partial charge < -0.3 is 0 Å². The predicted octanol–water partition coefficient (Wildman–Crippen LogP) is 5.51. The fourth-order valence-corrected chi connectivity index (χ4v) is 4.17. The van der Waals surface area contributed by atoms with Crippen LogP contribution in [0.15, 0.2) is 90.6 Å². The zero-order valence-electron chi connectivity index (χ0n) is 17.5. The smallest absolute Gasteiger partial charge is 0.179 e. The molecule has 30 heavy (non-hydrogen) atoms. The lowest BCUT2D eigenvalue weighted by atomic mass is 9.72. The molecule has 3 nitrogen and oxygen atoms in total. The molecule has 0 heterocycles. The van der Waals surface area contributed by atoms with Gasteiger partial charge in [-0.25, -0.2) is 0 Å². The van der Waals surface area contributed by atoms with Crippen molar-refractivity contribution in [2.24, 2.45) is 11.3 Å². The molecule has 0 saturated heterocycles. The summed E-state index contributed by atoms with van der Waals surface area (Å²) in [7, 11) is 6.42. The maximum absolute atomic E-state index is 10.2. The van der Waals surface area contributed by atoms with Gasteiger partial charge in [0.2, 0.25) is 0 Å². The van der Waals surface area contributed by atoms with Gasteiger partial charge in [-0.15, -0.1) is 0 Å². The molecule has 1 unspecified atom stereocenters. The Bertz CT molecular complexity index is 1160. The van der Waals surface area contributed by atoms with Crippen molar-refractivity contribution in [2.75, 3.05) is 21.1 Å². The van der Waals surface area contributed by atoms with Crippen LogP contribution in [-0.4, -0.2) is 21.1 Å². The molecule has 0 saturated carbocycles. The Kier molecular flexibility index (Phi) is 4.78. The van der Waals surface area contributed by atoms with E-state index >= 15 is 0 Å². The van der Waals surface area contributed by atoms with E-state index in [0.29, 0.717) is 0 Å². The first kappa shape index (κ1) is 19.6. The number of nitriles is 2. The molecule has 0 aliphatic heterocycles. The highest BCUT2D eigenvalue weighted by molar-refractivity contribution is 5.86. The van der Waals surface area contributed by atoms with Crippen molar-refractivity contribution >= 4 is 16.8 Å². The molecule has 2 aliphatic rings. The van der Waals surface area contributed by atoms with Gasteiger partial charge in [-0.2, -0.15) is 10.5 Å². The number of quaternary nitrogens is 1. The van der Waals surface area contributed by atoms with Crippen LogP contribution in [0.1, 0.15) is 11.1 Å². The van der Waals surface area contributed by atoms with E-state index in [2.05, 4.69) is 69.7 Å². The Morgan fingerprint density at radius 3 is 2.13 bits per heavy atom. The van der Waals surface area contributed by atoms with E-state index in [4.69, 9.17) is 0 Å². The predicted molar refractivity (Wildman–Crippen MR) is 123 cm³/mol. The van der Waals surface area contributed by atoms with Crippen LogP contribution >= 0.6 is 0 Å². The van der Waals surface area contributed by atoms with Gasteiger partial charge in [0.15, 0.2) is 5.41 Å². The van der Waals surface area contributed by atoms with E-state index in [-0.39, 0.29) is 5.92 Å². The quantitative estimate of drug-likeness (QED) is 0.649. The third-order valence-electron chi connectivity index (χ3n) is 5.88. The molecule has 0 bridgehead atoms. The second-order valence-electron chi connectivity index (χ2n) is 8.64. The van der Waals surface area contributed by atoms with Crippen LogP contribution in [-0.2, 0) is 0 Å². The average molecular weight is 391 g/mol. The molecule has 0 aromatic heterocycles. The number of allylic oxidation sites excluding steroid dienone is 8.